The Morgan fingerprint density at radius 1 is 1.06 bits per heavy atom. The van der Waals surface area contributed by atoms with Gasteiger partial charge in [-0.3, -0.25) is 19.3 Å². The quantitative estimate of drug-likeness (QED) is 0.634. The van der Waals surface area contributed by atoms with Crippen LogP contribution in [0, 0.1) is 6.92 Å². The summed E-state index contributed by atoms with van der Waals surface area (Å²) in [6.07, 6.45) is 1.86. The van der Waals surface area contributed by atoms with Crippen LogP contribution in [0.5, 0.6) is 11.5 Å². The topological polar surface area (TPSA) is 84.9 Å². The van der Waals surface area contributed by atoms with Crippen molar-refractivity contribution in [3.8, 4) is 11.5 Å². The summed E-state index contributed by atoms with van der Waals surface area (Å²) in [7, 11) is 3.08. The molecule has 3 amide bonds. The highest BCUT2D eigenvalue weighted by atomic mass is 32.2. The van der Waals surface area contributed by atoms with Gasteiger partial charge < -0.3 is 14.8 Å². The van der Waals surface area contributed by atoms with Crippen molar-refractivity contribution < 1.29 is 23.9 Å². The summed E-state index contributed by atoms with van der Waals surface area (Å²) in [6, 6.07) is 13.0. The number of carbonyl (C=O) groups excluding carboxylic acids is 3. The lowest BCUT2D eigenvalue weighted by atomic mass is 10.1. The van der Waals surface area contributed by atoms with Gasteiger partial charge in [0.25, 0.3) is 11.1 Å². The van der Waals surface area contributed by atoms with E-state index in [2.05, 4.69) is 5.32 Å². The first-order chi connectivity index (χ1) is 14.9. The van der Waals surface area contributed by atoms with Crippen LogP contribution in [0.15, 0.2) is 47.4 Å². The van der Waals surface area contributed by atoms with Crippen LogP contribution in [-0.2, 0) is 16.0 Å². The fourth-order valence-corrected chi connectivity index (χ4v) is 3.92. The number of aryl methyl sites for hydroxylation is 1. The van der Waals surface area contributed by atoms with Crippen molar-refractivity contribution in [3.63, 3.8) is 0 Å². The molecule has 0 bridgehead atoms. The van der Waals surface area contributed by atoms with Crippen LogP contribution in [-0.4, -0.2) is 49.3 Å². The Morgan fingerprint density at radius 3 is 2.45 bits per heavy atom. The van der Waals surface area contributed by atoms with E-state index >= 15 is 0 Å². The van der Waals surface area contributed by atoms with E-state index < -0.39 is 0 Å². The molecule has 0 saturated carbocycles. The van der Waals surface area contributed by atoms with E-state index in [1.54, 1.807) is 31.4 Å². The van der Waals surface area contributed by atoms with E-state index in [9.17, 15) is 14.4 Å². The van der Waals surface area contributed by atoms with Crippen molar-refractivity contribution >= 4 is 34.9 Å². The van der Waals surface area contributed by atoms with Gasteiger partial charge in [0.2, 0.25) is 5.91 Å². The minimum absolute atomic E-state index is 0.119. The number of hydrogen-bond donors (Lipinski definition) is 1. The molecule has 1 heterocycles. The zero-order valence-corrected chi connectivity index (χ0v) is 18.5. The largest absolute Gasteiger partial charge is 0.493 e. The van der Waals surface area contributed by atoms with Crippen molar-refractivity contribution in [3.05, 3.63) is 64.1 Å². The van der Waals surface area contributed by atoms with E-state index in [1.807, 2.05) is 31.2 Å². The Kier molecular flexibility index (Phi) is 7.36. The van der Waals surface area contributed by atoms with Crippen LogP contribution in [0.4, 0.5) is 4.79 Å². The number of amides is 3. The SMILES string of the molecule is COc1ccc(CC(=O)NCCN2C(=O)SC(=Cc3ccc(C)cc3)C2=O)cc1OC. The van der Waals surface area contributed by atoms with Crippen LogP contribution >= 0.6 is 11.8 Å². The molecule has 2 aromatic rings. The summed E-state index contributed by atoms with van der Waals surface area (Å²) < 4.78 is 10.4. The normalized spacial score (nSPS) is 14.8. The van der Waals surface area contributed by atoms with E-state index in [0.717, 1.165) is 33.4 Å². The van der Waals surface area contributed by atoms with Crippen LogP contribution in [0.2, 0.25) is 0 Å². The summed E-state index contributed by atoms with van der Waals surface area (Å²) in [5, 5.41) is 2.41. The molecule has 1 fully saturated rings. The summed E-state index contributed by atoms with van der Waals surface area (Å²) in [5.74, 6) is 0.579. The molecule has 1 N–H and O–H groups in total. The first kappa shape index (κ1) is 22.4. The van der Waals surface area contributed by atoms with Gasteiger partial charge in [0, 0.05) is 13.1 Å². The van der Waals surface area contributed by atoms with Gasteiger partial charge in [-0.05, 0) is 48.0 Å². The molecule has 0 aliphatic carbocycles. The van der Waals surface area contributed by atoms with Crippen LogP contribution < -0.4 is 14.8 Å². The number of nitrogens with zero attached hydrogens (tertiary/aromatic N) is 1. The average molecular weight is 441 g/mol. The maximum Gasteiger partial charge on any atom is 0.293 e. The summed E-state index contributed by atoms with van der Waals surface area (Å²) in [5.41, 5.74) is 2.75. The Morgan fingerprint density at radius 2 is 1.77 bits per heavy atom. The molecule has 1 aliphatic rings. The van der Waals surface area contributed by atoms with E-state index in [1.165, 1.54) is 7.11 Å². The molecule has 7 nitrogen and oxygen atoms in total. The lowest BCUT2D eigenvalue weighted by Crippen LogP contribution is -2.37. The number of benzene rings is 2. The molecular weight excluding hydrogens is 416 g/mol. The van der Waals surface area contributed by atoms with Gasteiger partial charge in [0.05, 0.1) is 25.5 Å². The first-order valence-electron chi connectivity index (χ1n) is 9.71. The third-order valence-electron chi connectivity index (χ3n) is 4.72. The number of nitrogens with one attached hydrogen (secondary N) is 1. The van der Waals surface area contributed by atoms with Crippen molar-refractivity contribution in [2.24, 2.45) is 0 Å². The van der Waals surface area contributed by atoms with Gasteiger partial charge in [-0.2, -0.15) is 0 Å². The zero-order chi connectivity index (χ0) is 22.4. The number of thioether (sulfide) groups is 1. The first-order valence-corrected chi connectivity index (χ1v) is 10.5. The van der Waals surface area contributed by atoms with Gasteiger partial charge in [0.1, 0.15) is 0 Å². The second kappa shape index (κ2) is 10.2. The molecule has 0 aromatic heterocycles. The Hall–Kier alpha value is -3.26. The molecule has 0 atom stereocenters. The second-order valence-electron chi connectivity index (χ2n) is 6.96. The molecule has 31 heavy (non-hydrogen) atoms. The maximum atomic E-state index is 12.6. The maximum absolute atomic E-state index is 12.6. The van der Waals surface area contributed by atoms with E-state index in [-0.39, 0.29) is 36.6 Å². The van der Waals surface area contributed by atoms with Gasteiger partial charge >= 0.3 is 0 Å². The smallest absolute Gasteiger partial charge is 0.293 e. The van der Waals surface area contributed by atoms with Crippen LogP contribution in [0.3, 0.4) is 0 Å². The third-order valence-corrected chi connectivity index (χ3v) is 5.63. The van der Waals surface area contributed by atoms with E-state index in [0.29, 0.717) is 16.4 Å². The zero-order valence-electron chi connectivity index (χ0n) is 17.6. The van der Waals surface area contributed by atoms with Crippen molar-refractivity contribution in [2.75, 3.05) is 27.3 Å². The van der Waals surface area contributed by atoms with Crippen molar-refractivity contribution in [2.45, 2.75) is 13.3 Å². The van der Waals surface area contributed by atoms with Crippen molar-refractivity contribution in [1.82, 2.24) is 10.2 Å². The highest BCUT2D eigenvalue weighted by Gasteiger charge is 2.34. The summed E-state index contributed by atoms with van der Waals surface area (Å²) in [6.45, 7) is 2.28. The Balaban J connectivity index is 1.53. The number of hydrogen-bond acceptors (Lipinski definition) is 6. The Bertz CT molecular complexity index is 1020. The monoisotopic (exact) mass is 440 g/mol. The molecule has 1 saturated heterocycles. The Labute approximate surface area is 185 Å². The number of carbonyl (C=O) groups is 3. The van der Waals surface area contributed by atoms with Crippen molar-refractivity contribution in [1.29, 1.82) is 0 Å². The second-order valence-corrected chi connectivity index (χ2v) is 7.95. The minimum atomic E-state index is -0.343. The highest BCUT2D eigenvalue weighted by molar-refractivity contribution is 8.18. The highest BCUT2D eigenvalue weighted by Crippen LogP contribution is 2.32. The predicted octanol–water partition coefficient (Wildman–Crippen LogP) is 3.41. The predicted molar refractivity (Wildman–Crippen MR) is 120 cm³/mol. The molecule has 8 heteroatoms. The third kappa shape index (κ3) is 5.67. The van der Waals surface area contributed by atoms with Gasteiger partial charge in [-0.15, -0.1) is 0 Å². The molecular formula is C23H24N2O5S. The molecule has 0 spiro atoms. The molecule has 1 aliphatic heterocycles. The van der Waals surface area contributed by atoms with Gasteiger partial charge in [0.15, 0.2) is 11.5 Å². The van der Waals surface area contributed by atoms with E-state index in [4.69, 9.17) is 9.47 Å². The average Bonchev–Trinajstić information content (AvgIpc) is 3.02. The van der Waals surface area contributed by atoms with Crippen LogP contribution in [0.25, 0.3) is 6.08 Å². The lowest BCUT2D eigenvalue weighted by molar-refractivity contribution is -0.124. The molecule has 0 radical (unpaired) electrons. The fourth-order valence-electron chi connectivity index (χ4n) is 3.05. The van der Waals surface area contributed by atoms with Gasteiger partial charge in [-0.1, -0.05) is 35.9 Å². The molecule has 2 aromatic carbocycles. The molecule has 0 unspecified atom stereocenters. The molecule has 162 valence electrons. The molecule has 3 rings (SSSR count). The lowest BCUT2D eigenvalue weighted by Gasteiger charge is -2.13. The minimum Gasteiger partial charge on any atom is -0.493 e. The number of imide groups is 1. The van der Waals surface area contributed by atoms with Crippen LogP contribution in [0.1, 0.15) is 16.7 Å². The number of ether oxygens (including phenoxy) is 2. The fraction of sp³-hybridized carbons (Fsp3) is 0.261. The standard InChI is InChI=1S/C23H24N2O5S/c1-15-4-6-16(7-5-15)13-20-22(27)25(23(28)31-20)11-10-24-21(26)14-17-8-9-18(29-2)19(12-17)30-3/h4-9,12-13H,10-11,14H2,1-3H3,(H,24,26). The number of methoxy groups -OCH3 is 2. The van der Waals surface area contributed by atoms with Gasteiger partial charge in [-0.25, -0.2) is 0 Å². The summed E-state index contributed by atoms with van der Waals surface area (Å²) in [4.78, 5) is 38.6. The summed E-state index contributed by atoms with van der Waals surface area (Å²) >= 11 is 0.910. The number of rotatable bonds is 8.